The van der Waals surface area contributed by atoms with Gasteiger partial charge in [-0.25, -0.2) is 0 Å². The van der Waals surface area contributed by atoms with Crippen LogP contribution in [0.2, 0.25) is 0 Å². The maximum atomic E-state index is 10.4. The summed E-state index contributed by atoms with van der Waals surface area (Å²) in [6.07, 6.45) is 1.47. The molecule has 4 nitrogen and oxygen atoms in total. The molecule has 5 heteroatoms. The van der Waals surface area contributed by atoms with Gasteiger partial charge < -0.3 is 15.5 Å². The molecule has 0 atom stereocenters. The number of hydrogen-bond acceptors (Lipinski definition) is 4. The molecule has 3 N–H and O–H groups in total. The van der Waals surface area contributed by atoms with Crippen molar-refractivity contribution in [2.75, 3.05) is 26.3 Å². The van der Waals surface area contributed by atoms with E-state index in [1.54, 1.807) is 0 Å². The van der Waals surface area contributed by atoms with Gasteiger partial charge in [0.05, 0.1) is 13.2 Å². The second-order valence-corrected chi connectivity index (χ2v) is 2.24. The lowest BCUT2D eigenvalue weighted by Gasteiger charge is -2.08. The fourth-order valence-electron chi connectivity index (χ4n) is 0.706. The molecule has 0 unspecified atom stereocenters. The molecule has 1 aliphatic heterocycles. The Kier molecular flexibility index (Phi) is 13.0. The third-order valence-corrected chi connectivity index (χ3v) is 1.26. The van der Waals surface area contributed by atoms with E-state index in [2.05, 4.69) is 5.32 Å². The average molecular weight is 198 g/mol. The first-order valence-corrected chi connectivity index (χ1v) is 3.75. The van der Waals surface area contributed by atoms with Crippen molar-refractivity contribution in [3.8, 4) is 0 Å². The van der Waals surface area contributed by atoms with Crippen molar-refractivity contribution >= 4 is 18.2 Å². The molecule has 1 heterocycles. The van der Waals surface area contributed by atoms with E-state index in [9.17, 15) is 4.79 Å². The van der Waals surface area contributed by atoms with E-state index in [1.165, 1.54) is 0 Å². The summed E-state index contributed by atoms with van der Waals surface area (Å²) in [5.74, 6) is 0.402. The lowest BCUT2D eigenvalue weighted by atomic mass is 10.1. The molecule has 0 spiro atoms. The van der Waals surface area contributed by atoms with E-state index in [1.807, 2.05) is 0 Å². The number of carbonyl (C=O) groups is 1. The fourth-order valence-corrected chi connectivity index (χ4v) is 0.706. The highest BCUT2D eigenvalue weighted by molar-refractivity contribution is 5.85. The zero-order valence-corrected chi connectivity index (χ0v) is 7.77. The molecule has 12 heavy (non-hydrogen) atoms. The molecule has 1 rings (SSSR count). The topological polar surface area (TPSA) is 69.6 Å². The minimum Gasteiger partial charge on any atom is -0.394 e. The summed E-state index contributed by atoms with van der Waals surface area (Å²) in [6, 6.07) is 0. The molecule has 1 aliphatic rings. The first-order valence-electron chi connectivity index (χ1n) is 3.75. The number of Topliss-reactive ketones (excluding diaryl/α,β-unsaturated/α-hetero) is 1. The van der Waals surface area contributed by atoms with E-state index in [4.69, 9.17) is 10.2 Å². The van der Waals surface area contributed by atoms with Gasteiger partial charge in [0.25, 0.3) is 0 Å². The fraction of sp³-hybridized carbons (Fsp3) is 0.857. The predicted octanol–water partition coefficient (Wildman–Crippen LogP) is -0.668. The van der Waals surface area contributed by atoms with Gasteiger partial charge in [0.1, 0.15) is 5.78 Å². The van der Waals surface area contributed by atoms with Crippen LogP contribution in [0.3, 0.4) is 0 Å². The highest BCUT2D eigenvalue weighted by atomic mass is 35.5. The number of nitrogens with one attached hydrogen (secondary N) is 1. The zero-order chi connectivity index (χ0) is 8.53. The Morgan fingerprint density at radius 3 is 1.75 bits per heavy atom. The number of aliphatic hydroxyl groups excluding tert-OH is 2. The largest absolute Gasteiger partial charge is 0.394 e. The first-order chi connectivity index (χ1) is 5.31. The highest BCUT2D eigenvalue weighted by Gasteiger charge is 2.04. The molecule has 0 aromatic carbocycles. The Hall–Kier alpha value is -0.160. The number of carbonyl (C=O) groups excluding carboxylic acids is 1. The monoisotopic (exact) mass is 197 g/mol. The predicted molar refractivity (Wildman–Crippen MR) is 48.5 cm³/mol. The maximum Gasteiger partial charge on any atom is 0.135 e. The number of hydrogen-bond donors (Lipinski definition) is 3. The van der Waals surface area contributed by atoms with E-state index >= 15 is 0 Å². The SMILES string of the molecule is Cl.O=C1CCNCC1.OCCO. The normalized spacial score (nSPS) is 15.7. The number of halogens is 1. The maximum absolute atomic E-state index is 10.4. The highest BCUT2D eigenvalue weighted by Crippen LogP contribution is 1.91. The van der Waals surface area contributed by atoms with Crippen LogP contribution in [-0.4, -0.2) is 42.3 Å². The van der Waals surface area contributed by atoms with Gasteiger partial charge in [-0.2, -0.15) is 0 Å². The van der Waals surface area contributed by atoms with Crippen molar-refractivity contribution in [3.05, 3.63) is 0 Å². The Bertz CT molecular complexity index is 101. The molecule has 0 aliphatic carbocycles. The third-order valence-electron chi connectivity index (χ3n) is 1.26. The minimum absolute atomic E-state index is 0. The lowest BCUT2D eigenvalue weighted by molar-refractivity contribution is -0.119. The van der Waals surface area contributed by atoms with E-state index < -0.39 is 0 Å². The Balaban J connectivity index is 0. The standard InChI is InChI=1S/C5H9NO.C2H6O2.ClH/c7-5-1-3-6-4-2-5;3-1-2-4;/h6H,1-4H2;3-4H,1-2H2;1H. The van der Waals surface area contributed by atoms with Gasteiger partial charge in [0.2, 0.25) is 0 Å². The molecule has 0 saturated carbocycles. The van der Waals surface area contributed by atoms with Crippen molar-refractivity contribution in [1.29, 1.82) is 0 Å². The van der Waals surface area contributed by atoms with Crippen LogP contribution in [0.15, 0.2) is 0 Å². The molecule has 0 aromatic rings. The minimum atomic E-state index is -0.125. The Labute approximate surface area is 78.4 Å². The number of ketones is 1. The number of rotatable bonds is 1. The van der Waals surface area contributed by atoms with Crippen LogP contribution in [0.4, 0.5) is 0 Å². The average Bonchev–Trinajstić information content (AvgIpc) is 2.07. The molecule has 0 aromatic heterocycles. The van der Waals surface area contributed by atoms with Crippen molar-refractivity contribution in [1.82, 2.24) is 5.32 Å². The van der Waals surface area contributed by atoms with Gasteiger partial charge in [0.15, 0.2) is 0 Å². The van der Waals surface area contributed by atoms with Crippen molar-refractivity contribution in [3.63, 3.8) is 0 Å². The molecular weight excluding hydrogens is 182 g/mol. The summed E-state index contributed by atoms with van der Waals surface area (Å²) >= 11 is 0. The summed E-state index contributed by atoms with van der Waals surface area (Å²) in [5, 5.41) is 18.3. The van der Waals surface area contributed by atoms with E-state index in [0.717, 1.165) is 25.9 Å². The number of piperidine rings is 1. The molecule has 0 radical (unpaired) electrons. The smallest absolute Gasteiger partial charge is 0.135 e. The molecule has 1 saturated heterocycles. The molecular formula is C7H16ClNO3. The zero-order valence-electron chi connectivity index (χ0n) is 6.95. The summed E-state index contributed by atoms with van der Waals surface area (Å²) in [4.78, 5) is 10.4. The van der Waals surface area contributed by atoms with Gasteiger partial charge in [0, 0.05) is 25.9 Å². The summed E-state index contributed by atoms with van der Waals surface area (Å²) < 4.78 is 0. The van der Waals surface area contributed by atoms with Crippen LogP contribution in [0.1, 0.15) is 12.8 Å². The van der Waals surface area contributed by atoms with Crippen LogP contribution in [0.5, 0.6) is 0 Å². The molecule has 1 fully saturated rings. The number of aliphatic hydroxyl groups is 2. The van der Waals surface area contributed by atoms with Crippen molar-refractivity contribution in [2.24, 2.45) is 0 Å². The van der Waals surface area contributed by atoms with Gasteiger partial charge >= 0.3 is 0 Å². The van der Waals surface area contributed by atoms with Gasteiger partial charge in [-0.15, -0.1) is 12.4 Å². The quantitative estimate of drug-likeness (QED) is 0.522. The van der Waals surface area contributed by atoms with Gasteiger partial charge in [-0.1, -0.05) is 0 Å². The molecule has 0 bridgehead atoms. The van der Waals surface area contributed by atoms with Crippen LogP contribution in [0.25, 0.3) is 0 Å². The van der Waals surface area contributed by atoms with Gasteiger partial charge in [-0.05, 0) is 0 Å². The summed E-state index contributed by atoms with van der Waals surface area (Å²) in [6.45, 7) is 1.53. The van der Waals surface area contributed by atoms with Crippen LogP contribution in [-0.2, 0) is 4.79 Å². The van der Waals surface area contributed by atoms with Gasteiger partial charge in [-0.3, -0.25) is 4.79 Å². The Morgan fingerprint density at radius 2 is 1.58 bits per heavy atom. The van der Waals surface area contributed by atoms with Crippen molar-refractivity contribution in [2.45, 2.75) is 12.8 Å². The summed E-state index contributed by atoms with van der Waals surface area (Å²) in [7, 11) is 0. The first kappa shape index (κ1) is 14.4. The second-order valence-electron chi connectivity index (χ2n) is 2.24. The molecule has 74 valence electrons. The summed E-state index contributed by atoms with van der Waals surface area (Å²) in [5.41, 5.74) is 0. The van der Waals surface area contributed by atoms with Crippen LogP contribution >= 0.6 is 12.4 Å². The van der Waals surface area contributed by atoms with Crippen LogP contribution < -0.4 is 5.32 Å². The van der Waals surface area contributed by atoms with Crippen molar-refractivity contribution < 1.29 is 15.0 Å². The lowest BCUT2D eigenvalue weighted by Crippen LogP contribution is -2.27. The van der Waals surface area contributed by atoms with E-state index in [0.29, 0.717) is 5.78 Å². The van der Waals surface area contributed by atoms with E-state index in [-0.39, 0.29) is 25.6 Å². The third kappa shape index (κ3) is 9.84. The molecule has 0 amide bonds. The second kappa shape index (κ2) is 10.8. The van der Waals surface area contributed by atoms with Crippen LogP contribution in [0, 0.1) is 0 Å². The Morgan fingerprint density at radius 1 is 1.17 bits per heavy atom.